The molecule has 0 aliphatic rings. The highest BCUT2D eigenvalue weighted by atomic mass is 32.2. The number of amides is 2. The third kappa shape index (κ3) is 4.77. The van der Waals surface area contributed by atoms with Crippen LogP contribution in [0.4, 0.5) is 0 Å². The van der Waals surface area contributed by atoms with Crippen LogP contribution in [0.15, 0.2) is 69.7 Å². The van der Waals surface area contributed by atoms with E-state index in [0.717, 1.165) is 27.8 Å². The van der Waals surface area contributed by atoms with Crippen LogP contribution in [0.5, 0.6) is 0 Å². The number of sulfone groups is 1. The van der Waals surface area contributed by atoms with Crippen LogP contribution < -0.4 is 10.6 Å². The van der Waals surface area contributed by atoms with Crippen molar-refractivity contribution in [1.82, 2.24) is 15.6 Å². The normalized spacial score (nSPS) is 12.5. The van der Waals surface area contributed by atoms with Gasteiger partial charge in [-0.3, -0.25) is 9.59 Å². The van der Waals surface area contributed by atoms with Crippen LogP contribution in [0.2, 0.25) is 0 Å². The van der Waals surface area contributed by atoms with Crippen molar-refractivity contribution in [2.24, 2.45) is 0 Å². The van der Waals surface area contributed by atoms with Gasteiger partial charge in [0.15, 0.2) is 9.84 Å². The Bertz CT molecular complexity index is 1310. The summed E-state index contributed by atoms with van der Waals surface area (Å²) in [5.41, 5.74) is 2.05. The third-order valence-electron chi connectivity index (χ3n) is 5.02. The summed E-state index contributed by atoms with van der Waals surface area (Å²) in [6.07, 6.45) is 2.45. The monoisotopic (exact) mass is 487 g/mol. The summed E-state index contributed by atoms with van der Waals surface area (Å²) >= 11 is 2.43. The maximum absolute atomic E-state index is 13.0. The molecule has 4 rings (SSSR count). The van der Waals surface area contributed by atoms with Gasteiger partial charge in [-0.25, -0.2) is 8.42 Å². The molecule has 0 bridgehead atoms. The predicted molar refractivity (Wildman–Crippen MR) is 127 cm³/mol. The number of benzene rings is 1. The van der Waals surface area contributed by atoms with E-state index in [9.17, 15) is 18.0 Å². The zero-order valence-electron chi connectivity index (χ0n) is 16.9. The number of rotatable bonds is 8. The molecule has 0 spiro atoms. The van der Waals surface area contributed by atoms with Crippen molar-refractivity contribution >= 4 is 55.2 Å². The molecule has 0 fully saturated rings. The number of hydrogen-bond acceptors (Lipinski definition) is 6. The van der Waals surface area contributed by atoms with Crippen LogP contribution in [0.3, 0.4) is 0 Å². The van der Waals surface area contributed by atoms with Gasteiger partial charge < -0.3 is 15.6 Å². The number of fused-ring (bicyclic) bond motifs is 1. The molecular weight excluding hydrogens is 466 g/mol. The summed E-state index contributed by atoms with van der Waals surface area (Å²) in [6, 6.07) is 14.5. The Kier molecular flexibility index (Phi) is 6.73. The molecule has 0 aliphatic carbocycles. The Morgan fingerprint density at radius 1 is 0.938 bits per heavy atom. The first-order valence-electron chi connectivity index (χ1n) is 9.88. The van der Waals surface area contributed by atoms with E-state index < -0.39 is 26.9 Å². The largest absolute Gasteiger partial charge is 0.361 e. The van der Waals surface area contributed by atoms with E-state index >= 15 is 0 Å². The number of hydrogen-bond donors (Lipinski definition) is 3. The molecule has 0 saturated heterocycles. The van der Waals surface area contributed by atoms with Crippen molar-refractivity contribution in [3.63, 3.8) is 0 Å². The Labute approximate surface area is 193 Å². The molecule has 32 heavy (non-hydrogen) atoms. The SMILES string of the molecule is O=C(NCCc1c[nH]c2ccccc12)C(=O)NC[C@H](c1cccs1)S(=O)(=O)c1cccs1. The van der Waals surface area contributed by atoms with E-state index in [-0.39, 0.29) is 17.3 Å². The first-order chi connectivity index (χ1) is 15.5. The fraction of sp³-hybridized carbons (Fsp3) is 0.182. The highest BCUT2D eigenvalue weighted by Crippen LogP contribution is 2.33. The fourth-order valence-corrected chi connectivity index (χ4v) is 7.39. The molecule has 0 radical (unpaired) electrons. The number of para-hydroxylation sites is 1. The van der Waals surface area contributed by atoms with Gasteiger partial charge in [0.1, 0.15) is 9.46 Å². The summed E-state index contributed by atoms with van der Waals surface area (Å²) < 4.78 is 26.3. The quantitative estimate of drug-likeness (QED) is 0.332. The van der Waals surface area contributed by atoms with Crippen LogP contribution in [0, 0.1) is 0 Å². The molecule has 10 heteroatoms. The van der Waals surface area contributed by atoms with Gasteiger partial charge in [0.05, 0.1) is 0 Å². The van der Waals surface area contributed by atoms with Crippen molar-refractivity contribution in [2.75, 3.05) is 13.1 Å². The minimum atomic E-state index is -3.69. The molecule has 3 aromatic heterocycles. The van der Waals surface area contributed by atoms with E-state index in [1.165, 1.54) is 11.3 Å². The van der Waals surface area contributed by atoms with E-state index in [0.29, 0.717) is 11.3 Å². The van der Waals surface area contributed by atoms with Crippen LogP contribution in [-0.2, 0) is 25.8 Å². The van der Waals surface area contributed by atoms with Gasteiger partial charge in [-0.15, -0.1) is 22.7 Å². The van der Waals surface area contributed by atoms with Crippen LogP contribution >= 0.6 is 22.7 Å². The molecule has 166 valence electrons. The molecule has 7 nitrogen and oxygen atoms in total. The maximum atomic E-state index is 13.0. The number of thiophene rings is 2. The first-order valence-corrected chi connectivity index (χ1v) is 13.2. The van der Waals surface area contributed by atoms with Gasteiger partial charge in [-0.2, -0.15) is 0 Å². The van der Waals surface area contributed by atoms with Crippen LogP contribution in [0.25, 0.3) is 10.9 Å². The number of nitrogens with one attached hydrogen (secondary N) is 3. The summed E-state index contributed by atoms with van der Waals surface area (Å²) in [4.78, 5) is 28.3. The average Bonchev–Trinajstić information content (AvgIpc) is 3.55. The Morgan fingerprint density at radius 3 is 2.44 bits per heavy atom. The Balaban J connectivity index is 1.35. The van der Waals surface area contributed by atoms with Gasteiger partial charge in [0, 0.05) is 35.1 Å². The molecule has 1 atom stereocenters. The number of carbonyl (C=O) groups excluding carboxylic acids is 2. The van der Waals surface area contributed by atoms with Crippen LogP contribution in [-0.4, -0.2) is 38.3 Å². The van der Waals surface area contributed by atoms with E-state index in [4.69, 9.17) is 0 Å². The highest BCUT2D eigenvalue weighted by molar-refractivity contribution is 7.93. The lowest BCUT2D eigenvalue weighted by atomic mass is 10.1. The molecule has 1 aromatic carbocycles. The number of H-pyrrole nitrogens is 1. The third-order valence-corrected chi connectivity index (χ3v) is 9.67. The van der Waals surface area contributed by atoms with Crippen molar-refractivity contribution in [3.05, 3.63) is 75.9 Å². The molecule has 3 heterocycles. The van der Waals surface area contributed by atoms with Gasteiger partial charge in [0.2, 0.25) is 0 Å². The topological polar surface area (TPSA) is 108 Å². The second-order valence-electron chi connectivity index (χ2n) is 7.06. The second-order valence-corrected chi connectivity index (χ2v) is 11.3. The minimum absolute atomic E-state index is 0.185. The van der Waals surface area contributed by atoms with Gasteiger partial charge >= 0.3 is 11.8 Å². The second kappa shape index (κ2) is 9.68. The van der Waals surface area contributed by atoms with Crippen molar-refractivity contribution < 1.29 is 18.0 Å². The van der Waals surface area contributed by atoms with Crippen molar-refractivity contribution in [2.45, 2.75) is 15.9 Å². The van der Waals surface area contributed by atoms with Crippen molar-refractivity contribution in [3.8, 4) is 0 Å². The average molecular weight is 488 g/mol. The zero-order valence-corrected chi connectivity index (χ0v) is 19.4. The number of aromatic amines is 1. The fourth-order valence-electron chi connectivity index (χ4n) is 3.40. The molecule has 4 aromatic rings. The Hall–Kier alpha value is -2.95. The molecule has 0 aliphatic heterocycles. The first kappa shape index (κ1) is 22.3. The van der Waals surface area contributed by atoms with Gasteiger partial charge in [0.25, 0.3) is 0 Å². The summed E-state index contributed by atoms with van der Waals surface area (Å²) in [7, 11) is -3.69. The lowest BCUT2D eigenvalue weighted by Crippen LogP contribution is -2.42. The predicted octanol–water partition coefficient (Wildman–Crippen LogP) is 3.28. The molecule has 2 amide bonds. The van der Waals surface area contributed by atoms with Gasteiger partial charge in [-0.1, -0.05) is 30.3 Å². The standard InChI is InChI=1S/C22H21N3O4S3/c26-21(23-10-9-15-13-24-17-6-2-1-5-16(15)17)22(27)25-14-19(18-7-3-11-30-18)32(28,29)20-8-4-12-31-20/h1-8,11-13,19,24H,9-10,14H2,(H,23,26)(H,25,27)/t19-/m1/s1. The minimum Gasteiger partial charge on any atom is -0.361 e. The van der Waals surface area contributed by atoms with Gasteiger partial charge in [-0.05, 0) is 40.9 Å². The number of aromatic nitrogens is 1. The molecule has 0 unspecified atom stereocenters. The highest BCUT2D eigenvalue weighted by Gasteiger charge is 2.31. The maximum Gasteiger partial charge on any atom is 0.309 e. The Morgan fingerprint density at radius 2 is 1.69 bits per heavy atom. The zero-order chi connectivity index (χ0) is 22.6. The van der Waals surface area contributed by atoms with E-state index in [2.05, 4.69) is 15.6 Å². The van der Waals surface area contributed by atoms with E-state index in [1.807, 2.05) is 30.5 Å². The molecule has 3 N–H and O–H groups in total. The van der Waals surface area contributed by atoms with E-state index in [1.54, 1.807) is 35.0 Å². The summed E-state index contributed by atoms with van der Waals surface area (Å²) in [5.74, 6) is -1.64. The van der Waals surface area contributed by atoms with Crippen LogP contribution in [0.1, 0.15) is 15.7 Å². The number of carbonyl (C=O) groups is 2. The smallest absolute Gasteiger partial charge is 0.309 e. The molecule has 0 saturated carbocycles. The summed E-state index contributed by atoms with van der Waals surface area (Å²) in [5, 5.41) is 8.68. The molecular formula is C22H21N3O4S3. The lowest BCUT2D eigenvalue weighted by molar-refractivity contribution is -0.139. The van der Waals surface area contributed by atoms with Crippen molar-refractivity contribution in [1.29, 1.82) is 0 Å². The lowest BCUT2D eigenvalue weighted by Gasteiger charge is -2.16. The summed E-state index contributed by atoms with van der Waals surface area (Å²) in [6.45, 7) is 0.103.